The molecule has 0 saturated carbocycles. The standard InChI is InChI=1S/C27H22ClF4N5O4/c1-25(24(33)39)12-41-22-16(25)9-20(35-21(22)13-3-5-18(29)17(28)8-13)26(40,27(30,31)32)11-34-23(38)14-4-6-19-15(7-14)10-37(2)36-19/h3-10,40H,11-12H2,1-2H3,(H2,33,39)(H,34,38)/t25-,26?/m0/s1. The highest BCUT2D eigenvalue weighted by molar-refractivity contribution is 6.31. The molecule has 9 nitrogen and oxygen atoms in total. The summed E-state index contributed by atoms with van der Waals surface area (Å²) in [7, 11) is 1.68. The molecule has 0 radical (unpaired) electrons. The minimum absolute atomic E-state index is 0.0354. The van der Waals surface area contributed by atoms with Crippen LogP contribution >= 0.6 is 11.6 Å². The summed E-state index contributed by atoms with van der Waals surface area (Å²) >= 11 is 5.90. The first kappa shape index (κ1) is 28.3. The van der Waals surface area contributed by atoms with Gasteiger partial charge < -0.3 is 20.9 Å². The summed E-state index contributed by atoms with van der Waals surface area (Å²) in [5, 5.41) is 17.7. The van der Waals surface area contributed by atoms with E-state index < -0.39 is 47.1 Å². The molecule has 1 unspecified atom stereocenters. The molecule has 2 amide bonds. The number of ether oxygens (including phenoxy) is 1. The number of nitrogens with one attached hydrogen (secondary N) is 1. The average molecular weight is 592 g/mol. The number of aryl methyl sites for hydroxylation is 1. The van der Waals surface area contributed by atoms with Crippen molar-refractivity contribution >= 4 is 34.3 Å². The fourth-order valence-electron chi connectivity index (χ4n) is 4.57. The molecule has 41 heavy (non-hydrogen) atoms. The Labute approximate surface area is 234 Å². The van der Waals surface area contributed by atoms with Crippen molar-refractivity contribution < 1.29 is 37.0 Å². The summed E-state index contributed by atoms with van der Waals surface area (Å²) in [6.45, 7) is -0.276. The first-order valence-corrected chi connectivity index (χ1v) is 12.5. The summed E-state index contributed by atoms with van der Waals surface area (Å²) in [5.41, 5.74) is -0.319. The minimum atomic E-state index is -5.35. The van der Waals surface area contributed by atoms with Gasteiger partial charge in [-0.2, -0.15) is 18.3 Å². The monoisotopic (exact) mass is 591 g/mol. The molecular weight excluding hydrogens is 570 g/mol. The maximum Gasteiger partial charge on any atom is 0.424 e. The second-order valence-electron chi connectivity index (χ2n) is 9.96. The normalized spacial score (nSPS) is 18.0. The Bertz CT molecular complexity index is 1730. The van der Waals surface area contributed by atoms with Crippen LogP contribution in [-0.2, 0) is 22.9 Å². The third kappa shape index (κ3) is 4.74. The topological polar surface area (TPSA) is 132 Å². The van der Waals surface area contributed by atoms with Crippen LogP contribution < -0.4 is 15.8 Å². The van der Waals surface area contributed by atoms with Crippen LogP contribution in [0.5, 0.6) is 5.75 Å². The van der Waals surface area contributed by atoms with E-state index in [1.807, 2.05) is 0 Å². The first-order chi connectivity index (χ1) is 19.1. The van der Waals surface area contributed by atoms with Crippen molar-refractivity contribution in [2.75, 3.05) is 13.2 Å². The molecule has 0 spiro atoms. The van der Waals surface area contributed by atoms with Crippen molar-refractivity contribution in [2.24, 2.45) is 12.8 Å². The highest BCUT2D eigenvalue weighted by atomic mass is 35.5. The van der Waals surface area contributed by atoms with Gasteiger partial charge >= 0.3 is 6.18 Å². The number of carbonyl (C=O) groups excluding carboxylic acids is 2. The number of primary amides is 1. The van der Waals surface area contributed by atoms with Crippen LogP contribution in [0.25, 0.3) is 22.2 Å². The molecule has 0 aliphatic carbocycles. The van der Waals surface area contributed by atoms with Crippen LogP contribution in [-0.4, -0.2) is 51.0 Å². The van der Waals surface area contributed by atoms with Crippen molar-refractivity contribution in [2.45, 2.75) is 24.1 Å². The first-order valence-electron chi connectivity index (χ1n) is 12.1. The van der Waals surface area contributed by atoms with Gasteiger partial charge in [0, 0.05) is 35.3 Å². The van der Waals surface area contributed by atoms with E-state index >= 15 is 0 Å². The SMILES string of the molecule is Cn1cc2cc(C(=O)NCC(O)(c3cc4c(c(-c5ccc(F)c(Cl)c5)n3)OC[C@]4(C)C(N)=O)C(F)(F)F)ccc2n1. The molecule has 1 aliphatic rings. The lowest BCUT2D eigenvalue weighted by atomic mass is 9.81. The summed E-state index contributed by atoms with van der Waals surface area (Å²) in [6, 6.07) is 8.56. The third-order valence-electron chi connectivity index (χ3n) is 7.09. The molecule has 0 bridgehead atoms. The second kappa shape index (κ2) is 9.70. The molecule has 4 N–H and O–H groups in total. The van der Waals surface area contributed by atoms with Gasteiger partial charge in [-0.05, 0) is 49.4 Å². The largest absolute Gasteiger partial charge is 0.489 e. The van der Waals surface area contributed by atoms with E-state index in [4.69, 9.17) is 22.1 Å². The number of rotatable bonds is 6. The van der Waals surface area contributed by atoms with Crippen molar-refractivity contribution in [3.05, 3.63) is 76.3 Å². The van der Waals surface area contributed by atoms with Gasteiger partial charge in [0.1, 0.15) is 29.3 Å². The number of halogens is 5. The number of nitrogens with two attached hydrogens (primary N) is 1. The Morgan fingerprint density at radius 2 is 1.95 bits per heavy atom. The van der Waals surface area contributed by atoms with E-state index in [1.165, 1.54) is 35.9 Å². The quantitative estimate of drug-likeness (QED) is 0.293. The van der Waals surface area contributed by atoms with Crippen LogP contribution in [0.4, 0.5) is 17.6 Å². The van der Waals surface area contributed by atoms with Gasteiger partial charge in [0.15, 0.2) is 0 Å². The van der Waals surface area contributed by atoms with Crippen LogP contribution in [0.3, 0.4) is 0 Å². The number of amides is 2. The molecule has 1 aliphatic heterocycles. The molecule has 3 heterocycles. The lowest BCUT2D eigenvalue weighted by Gasteiger charge is -2.31. The Morgan fingerprint density at radius 1 is 1.22 bits per heavy atom. The smallest absolute Gasteiger partial charge is 0.424 e. The van der Waals surface area contributed by atoms with Gasteiger partial charge in [-0.1, -0.05) is 11.6 Å². The van der Waals surface area contributed by atoms with Gasteiger partial charge in [-0.15, -0.1) is 0 Å². The van der Waals surface area contributed by atoms with Gasteiger partial charge in [-0.25, -0.2) is 9.37 Å². The number of benzene rings is 2. The maximum absolute atomic E-state index is 14.6. The Balaban J connectivity index is 1.60. The molecule has 2 aromatic heterocycles. The molecule has 5 rings (SSSR count). The highest BCUT2D eigenvalue weighted by Gasteiger charge is 2.57. The number of pyridine rings is 1. The van der Waals surface area contributed by atoms with Crippen molar-refractivity contribution in [1.29, 1.82) is 0 Å². The lowest BCUT2D eigenvalue weighted by Crippen LogP contribution is -2.51. The summed E-state index contributed by atoms with van der Waals surface area (Å²) in [5.74, 6) is -2.65. The Kier molecular flexibility index (Phi) is 6.70. The van der Waals surface area contributed by atoms with Crippen LogP contribution in [0.2, 0.25) is 5.02 Å². The van der Waals surface area contributed by atoms with Gasteiger partial charge in [0.2, 0.25) is 11.5 Å². The third-order valence-corrected chi connectivity index (χ3v) is 7.38. The molecule has 14 heteroatoms. The Hall–Kier alpha value is -4.23. The van der Waals surface area contributed by atoms with Gasteiger partial charge in [-0.3, -0.25) is 14.3 Å². The number of nitrogens with zero attached hydrogens (tertiary/aromatic N) is 3. The van der Waals surface area contributed by atoms with E-state index in [9.17, 15) is 32.3 Å². The summed E-state index contributed by atoms with van der Waals surface area (Å²) in [4.78, 5) is 29.3. The van der Waals surface area contributed by atoms with E-state index in [2.05, 4.69) is 15.4 Å². The van der Waals surface area contributed by atoms with Crippen LogP contribution in [0, 0.1) is 5.82 Å². The molecule has 2 atom stereocenters. The number of aliphatic hydroxyl groups is 1. The summed E-state index contributed by atoms with van der Waals surface area (Å²) < 4.78 is 64.7. The summed E-state index contributed by atoms with van der Waals surface area (Å²) in [6.07, 6.45) is -3.72. The molecule has 0 saturated heterocycles. The number of aromatic nitrogens is 3. The van der Waals surface area contributed by atoms with Crippen molar-refractivity contribution in [3.63, 3.8) is 0 Å². The van der Waals surface area contributed by atoms with Crippen molar-refractivity contribution in [1.82, 2.24) is 20.1 Å². The van der Waals surface area contributed by atoms with Gasteiger partial charge in [0.05, 0.1) is 22.8 Å². The molecule has 0 fully saturated rings. The second-order valence-corrected chi connectivity index (χ2v) is 10.4. The van der Waals surface area contributed by atoms with Crippen molar-refractivity contribution in [3.8, 4) is 17.0 Å². The molecule has 2 aromatic carbocycles. The zero-order chi connectivity index (χ0) is 29.9. The lowest BCUT2D eigenvalue weighted by molar-refractivity contribution is -0.265. The number of hydrogen-bond acceptors (Lipinski definition) is 6. The Morgan fingerprint density at radius 3 is 2.61 bits per heavy atom. The predicted molar refractivity (Wildman–Crippen MR) is 140 cm³/mol. The van der Waals surface area contributed by atoms with E-state index in [0.717, 1.165) is 18.2 Å². The number of hydrogen-bond donors (Lipinski definition) is 3. The molecule has 4 aromatic rings. The zero-order valence-electron chi connectivity index (χ0n) is 21.5. The molecular formula is C27H22ClF4N5O4. The number of alkyl halides is 3. The minimum Gasteiger partial charge on any atom is -0.489 e. The van der Waals surface area contributed by atoms with Crippen LogP contribution in [0.15, 0.2) is 48.7 Å². The van der Waals surface area contributed by atoms with E-state index in [1.54, 1.807) is 13.2 Å². The fourth-order valence-corrected chi connectivity index (χ4v) is 4.76. The van der Waals surface area contributed by atoms with Gasteiger partial charge in [0.25, 0.3) is 5.91 Å². The predicted octanol–water partition coefficient (Wildman–Crippen LogP) is 3.74. The molecule has 214 valence electrons. The number of fused-ring (bicyclic) bond motifs is 2. The van der Waals surface area contributed by atoms with E-state index in [-0.39, 0.29) is 39.8 Å². The maximum atomic E-state index is 14.6. The fraction of sp³-hybridized carbons (Fsp3) is 0.259. The van der Waals surface area contributed by atoms with Crippen LogP contribution in [0.1, 0.15) is 28.5 Å². The number of carbonyl (C=O) groups is 2. The zero-order valence-corrected chi connectivity index (χ0v) is 22.3. The van der Waals surface area contributed by atoms with E-state index in [0.29, 0.717) is 10.9 Å². The highest BCUT2D eigenvalue weighted by Crippen LogP contribution is 2.48. The average Bonchev–Trinajstić information content (AvgIpc) is 3.46.